The van der Waals surface area contributed by atoms with Gasteiger partial charge in [-0.3, -0.25) is 4.79 Å². The summed E-state index contributed by atoms with van der Waals surface area (Å²) < 4.78 is 5.29. The summed E-state index contributed by atoms with van der Waals surface area (Å²) in [4.78, 5) is 14.6. The lowest BCUT2D eigenvalue weighted by Crippen LogP contribution is -2.31. The minimum absolute atomic E-state index is 0.0220. The third kappa shape index (κ3) is 4.05. The van der Waals surface area contributed by atoms with Crippen molar-refractivity contribution in [2.45, 2.75) is 45.4 Å². The number of aromatic nitrogens is 1. The molecule has 3 rings (SSSR count). The monoisotopic (exact) mass is 326 g/mol. The maximum atomic E-state index is 12.7. The van der Waals surface area contributed by atoms with Crippen LogP contribution < -0.4 is 0 Å². The summed E-state index contributed by atoms with van der Waals surface area (Å²) in [7, 11) is 0. The van der Waals surface area contributed by atoms with Crippen molar-refractivity contribution in [1.82, 2.24) is 10.1 Å². The highest BCUT2D eigenvalue weighted by molar-refractivity contribution is 5.91. The van der Waals surface area contributed by atoms with Crippen molar-refractivity contribution in [3.8, 4) is 0 Å². The van der Waals surface area contributed by atoms with Gasteiger partial charge in [-0.2, -0.15) is 0 Å². The van der Waals surface area contributed by atoms with E-state index in [2.05, 4.69) is 49.3 Å². The van der Waals surface area contributed by atoms with Crippen molar-refractivity contribution in [2.75, 3.05) is 13.1 Å². The second kappa shape index (κ2) is 7.65. The molecule has 4 nitrogen and oxygen atoms in total. The van der Waals surface area contributed by atoms with E-state index in [0.717, 1.165) is 44.5 Å². The quantitative estimate of drug-likeness (QED) is 0.842. The Morgan fingerprint density at radius 2 is 2.04 bits per heavy atom. The Hall–Kier alpha value is -2.10. The molecule has 2 heterocycles. The fourth-order valence-corrected chi connectivity index (χ4v) is 3.44. The molecule has 24 heavy (non-hydrogen) atoms. The zero-order valence-corrected chi connectivity index (χ0v) is 14.6. The average Bonchev–Trinajstić information content (AvgIpc) is 2.90. The summed E-state index contributed by atoms with van der Waals surface area (Å²) in [5.41, 5.74) is 2.25. The van der Waals surface area contributed by atoms with Crippen molar-refractivity contribution in [1.29, 1.82) is 0 Å². The normalized spacial score (nSPS) is 18.6. The smallest absolute Gasteiger partial charge is 0.292 e. The van der Waals surface area contributed by atoms with Gasteiger partial charge in [0.25, 0.3) is 5.91 Å². The van der Waals surface area contributed by atoms with Crippen LogP contribution in [0.3, 0.4) is 0 Å². The first-order chi connectivity index (χ1) is 11.6. The molecule has 1 aliphatic heterocycles. The highest BCUT2D eigenvalue weighted by atomic mass is 16.5. The molecule has 1 atom stereocenters. The van der Waals surface area contributed by atoms with Crippen molar-refractivity contribution in [3.05, 3.63) is 53.4 Å². The third-order valence-corrected chi connectivity index (χ3v) is 4.67. The Kier molecular flexibility index (Phi) is 5.34. The van der Waals surface area contributed by atoms with E-state index in [1.54, 1.807) is 0 Å². The average molecular weight is 326 g/mol. The first kappa shape index (κ1) is 16.7. The number of carbonyl (C=O) groups excluding carboxylic acids is 1. The summed E-state index contributed by atoms with van der Waals surface area (Å²) in [6, 6.07) is 12.4. The van der Waals surface area contributed by atoms with Crippen LogP contribution in [0.2, 0.25) is 0 Å². The van der Waals surface area contributed by atoms with Gasteiger partial charge in [0.15, 0.2) is 0 Å². The lowest BCUT2D eigenvalue weighted by Gasteiger charge is -2.19. The molecule has 0 N–H and O–H groups in total. The second-order valence-corrected chi connectivity index (χ2v) is 7.11. The first-order valence-corrected chi connectivity index (χ1v) is 8.93. The number of likely N-dealkylation sites (tertiary alicyclic amines) is 1. The number of hydrogen-bond acceptors (Lipinski definition) is 3. The first-order valence-electron chi connectivity index (χ1n) is 8.93. The Morgan fingerprint density at radius 1 is 1.25 bits per heavy atom. The van der Waals surface area contributed by atoms with Gasteiger partial charge in [-0.05, 0) is 43.1 Å². The van der Waals surface area contributed by atoms with Crippen molar-refractivity contribution in [2.24, 2.45) is 5.92 Å². The summed E-state index contributed by atoms with van der Waals surface area (Å²) in [5.74, 6) is 1.40. The molecule has 1 aromatic carbocycles. The van der Waals surface area contributed by atoms with Gasteiger partial charge >= 0.3 is 0 Å². The molecule has 1 fully saturated rings. The minimum Gasteiger partial charge on any atom is -0.351 e. The van der Waals surface area contributed by atoms with Crippen molar-refractivity contribution in [3.63, 3.8) is 0 Å². The van der Waals surface area contributed by atoms with Crippen LogP contribution in [0.5, 0.6) is 0 Å². The van der Waals surface area contributed by atoms with Gasteiger partial charge in [0.2, 0.25) is 5.76 Å². The van der Waals surface area contributed by atoms with Crippen LogP contribution in [0.25, 0.3) is 0 Å². The molecule has 128 valence electrons. The Bertz CT molecular complexity index is 663. The number of benzene rings is 1. The summed E-state index contributed by atoms with van der Waals surface area (Å²) >= 11 is 0. The van der Waals surface area contributed by atoms with E-state index in [-0.39, 0.29) is 5.91 Å². The van der Waals surface area contributed by atoms with Crippen LogP contribution in [0.4, 0.5) is 0 Å². The van der Waals surface area contributed by atoms with E-state index in [9.17, 15) is 4.79 Å². The molecule has 0 unspecified atom stereocenters. The molecule has 0 saturated carbocycles. The third-order valence-electron chi connectivity index (χ3n) is 4.67. The molecule has 0 spiro atoms. The van der Waals surface area contributed by atoms with Gasteiger partial charge in [-0.15, -0.1) is 0 Å². The topological polar surface area (TPSA) is 46.3 Å². The number of amides is 1. The number of rotatable bonds is 4. The van der Waals surface area contributed by atoms with E-state index in [0.29, 0.717) is 17.6 Å². The second-order valence-electron chi connectivity index (χ2n) is 7.11. The highest BCUT2D eigenvalue weighted by Crippen LogP contribution is 2.28. The van der Waals surface area contributed by atoms with Crippen LogP contribution in [0.1, 0.15) is 60.8 Å². The van der Waals surface area contributed by atoms with E-state index in [1.165, 1.54) is 5.56 Å². The maximum absolute atomic E-state index is 12.7. The summed E-state index contributed by atoms with van der Waals surface area (Å²) in [6.07, 6.45) is 4.00. The SMILES string of the molecule is CC(C)Cc1cc(C(=O)N2CCC[C@@H](c3ccccc3)CC2)on1. The molecule has 1 amide bonds. The zero-order valence-electron chi connectivity index (χ0n) is 14.6. The number of nitrogens with zero attached hydrogens (tertiary/aromatic N) is 2. The zero-order chi connectivity index (χ0) is 16.9. The standard InChI is InChI=1S/C20H26N2O2/c1-15(2)13-18-14-19(24-21-18)20(23)22-11-6-9-17(10-12-22)16-7-4-3-5-8-16/h3-5,7-8,14-15,17H,6,9-13H2,1-2H3/t17-/m1/s1. The molecule has 0 radical (unpaired) electrons. The molecule has 1 saturated heterocycles. The predicted octanol–water partition coefficient (Wildman–Crippen LogP) is 4.28. The molecule has 1 aliphatic rings. The number of hydrogen-bond donors (Lipinski definition) is 0. The van der Waals surface area contributed by atoms with E-state index >= 15 is 0 Å². The van der Waals surface area contributed by atoms with Crippen molar-refractivity contribution < 1.29 is 9.32 Å². The Balaban J connectivity index is 1.63. The van der Waals surface area contributed by atoms with Crippen molar-refractivity contribution >= 4 is 5.91 Å². The lowest BCUT2D eigenvalue weighted by atomic mass is 9.92. The molecule has 0 bridgehead atoms. The van der Waals surface area contributed by atoms with Crippen LogP contribution in [0, 0.1) is 5.92 Å². The molecule has 1 aromatic heterocycles. The van der Waals surface area contributed by atoms with Crippen LogP contribution in [-0.2, 0) is 6.42 Å². The van der Waals surface area contributed by atoms with Gasteiger partial charge in [0, 0.05) is 19.2 Å². The van der Waals surface area contributed by atoms with E-state index in [4.69, 9.17) is 4.52 Å². The minimum atomic E-state index is -0.0220. The lowest BCUT2D eigenvalue weighted by molar-refractivity contribution is 0.0719. The van der Waals surface area contributed by atoms with Crippen LogP contribution in [-0.4, -0.2) is 29.1 Å². The number of carbonyl (C=O) groups is 1. The molecular formula is C20H26N2O2. The van der Waals surface area contributed by atoms with Gasteiger partial charge in [-0.1, -0.05) is 49.3 Å². The Labute approximate surface area is 143 Å². The van der Waals surface area contributed by atoms with E-state index in [1.807, 2.05) is 11.0 Å². The largest absolute Gasteiger partial charge is 0.351 e. The van der Waals surface area contributed by atoms with Gasteiger partial charge in [0.05, 0.1) is 5.69 Å². The van der Waals surface area contributed by atoms with E-state index < -0.39 is 0 Å². The fraction of sp³-hybridized carbons (Fsp3) is 0.500. The maximum Gasteiger partial charge on any atom is 0.292 e. The van der Waals surface area contributed by atoms with Crippen LogP contribution >= 0.6 is 0 Å². The van der Waals surface area contributed by atoms with Gasteiger partial charge < -0.3 is 9.42 Å². The van der Waals surface area contributed by atoms with Gasteiger partial charge in [0.1, 0.15) is 0 Å². The molecule has 2 aromatic rings. The Morgan fingerprint density at radius 3 is 2.79 bits per heavy atom. The highest BCUT2D eigenvalue weighted by Gasteiger charge is 2.25. The van der Waals surface area contributed by atoms with Crippen LogP contribution in [0.15, 0.2) is 40.9 Å². The molecule has 4 heteroatoms. The molecular weight excluding hydrogens is 300 g/mol. The summed E-state index contributed by atoms with van der Waals surface area (Å²) in [5, 5.41) is 4.04. The fourth-order valence-electron chi connectivity index (χ4n) is 3.44. The van der Waals surface area contributed by atoms with Gasteiger partial charge in [-0.25, -0.2) is 0 Å². The predicted molar refractivity (Wildman–Crippen MR) is 94.0 cm³/mol. The summed E-state index contributed by atoms with van der Waals surface area (Å²) in [6.45, 7) is 5.84. The molecule has 0 aliphatic carbocycles.